The molecule has 0 aromatic heterocycles. The lowest BCUT2D eigenvalue weighted by atomic mass is 10.1. The Labute approximate surface area is 113 Å². The van der Waals surface area contributed by atoms with Crippen LogP contribution in [0.2, 0.25) is 0 Å². The van der Waals surface area contributed by atoms with Crippen molar-refractivity contribution in [2.24, 2.45) is 0 Å². The minimum atomic E-state index is 0.836. The van der Waals surface area contributed by atoms with Gasteiger partial charge >= 0.3 is 0 Å². The van der Waals surface area contributed by atoms with Gasteiger partial charge < -0.3 is 5.73 Å². The second kappa shape index (κ2) is 5.49. The Hall–Kier alpha value is -1.41. The number of benzene rings is 2. The van der Waals surface area contributed by atoms with E-state index in [2.05, 4.69) is 45.0 Å². The predicted molar refractivity (Wildman–Crippen MR) is 81.1 cm³/mol. The van der Waals surface area contributed by atoms with Gasteiger partial charge in [-0.05, 0) is 61.2 Å². The number of nitrogens with two attached hydrogens (primary N) is 1. The van der Waals surface area contributed by atoms with Crippen molar-refractivity contribution in [2.75, 3.05) is 5.73 Å². The fourth-order valence-electron chi connectivity index (χ4n) is 1.89. The monoisotopic (exact) mass is 257 g/mol. The molecule has 0 fully saturated rings. The van der Waals surface area contributed by atoms with Crippen LogP contribution in [0.4, 0.5) is 5.69 Å². The number of aryl methyl sites for hydroxylation is 3. The molecule has 94 valence electrons. The fraction of sp³-hybridized carbons (Fsp3) is 0.250. The molecule has 0 saturated heterocycles. The maximum absolute atomic E-state index is 5.76. The number of hydrogen-bond acceptors (Lipinski definition) is 2. The van der Waals surface area contributed by atoms with Crippen molar-refractivity contribution in [3.8, 4) is 0 Å². The summed E-state index contributed by atoms with van der Waals surface area (Å²) in [4.78, 5) is 1.31. The van der Waals surface area contributed by atoms with E-state index in [1.54, 1.807) is 0 Å². The summed E-state index contributed by atoms with van der Waals surface area (Å²) in [6.45, 7) is 6.42. The Morgan fingerprint density at radius 3 is 2.33 bits per heavy atom. The summed E-state index contributed by atoms with van der Waals surface area (Å²) >= 11 is 1.87. The Morgan fingerprint density at radius 1 is 0.889 bits per heavy atom. The molecule has 0 spiro atoms. The number of rotatable bonds is 3. The predicted octanol–water partition coefficient (Wildman–Crippen LogP) is 4.49. The van der Waals surface area contributed by atoms with E-state index < -0.39 is 0 Å². The number of thioether (sulfide) groups is 1. The molecule has 1 nitrogen and oxygen atoms in total. The highest BCUT2D eigenvalue weighted by Gasteiger charge is 2.02. The molecule has 0 saturated carbocycles. The largest absolute Gasteiger partial charge is 0.399 e. The van der Waals surface area contributed by atoms with Crippen LogP contribution in [0.1, 0.15) is 22.3 Å². The first kappa shape index (κ1) is 13.0. The SMILES string of the molecule is Cc1ccc(CSc2ccc(N)cc2C)cc1C. The van der Waals surface area contributed by atoms with Crippen LogP contribution in [0.5, 0.6) is 0 Å². The zero-order valence-electron chi connectivity index (χ0n) is 11.2. The zero-order valence-corrected chi connectivity index (χ0v) is 12.0. The van der Waals surface area contributed by atoms with Crippen molar-refractivity contribution < 1.29 is 0 Å². The molecule has 0 heterocycles. The van der Waals surface area contributed by atoms with E-state index in [1.807, 2.05) is 23.9 Å². The molecule has 0 bridgehead atoms. The van der Waals surface area contributed by atoms with Crippen LogP contribution >= 0.6 is 11.8 Å². The van der Waals surface area contributed by atoms with Gasteiger partial charge in [0.25, 0.3) is 0 Å². The zero-order chi connectivity index (χ0) is 13.1. The van der Waals surface area contributed by atoms with Crippen molar-refractivity contribution in [1.29, 1.82) is 0 Å². The summed E-state index contributed by atoms with van der Waals surface area (Å²) in [6, 6.07) is 12.8. The Morgan fingerprint density at radius 2 is 1.67 bits per heavy atom. The van der Waals surface area contributed by atoms with Crippen LogP contribution in [-0.4, -0.2) is 0 Å². The van der Waals surface area contributed by atoms with Gasteiger partial charge in [0.2, 0.25) is 0 Å². The topological polar surface area (TPSA) is 26.0 Å². The molecule has 0 amide bonds. The van der Waals surface area contributed by atoms with Crippen molar-refractivity contribution in [3.05, 3.63) is 58.7 Å². The lowest BCUT2D eigenvalue weighted by molar-refractivity contribution is 1.26. The molecule has 2 N–H and O–H groups in total. The average molecular weight is 257 g/mol. The third kappa shape index (κ3) is 3.08. The third-order valence-corrected chi connectivity index (χ3v) is 4.41. The van der Waals surface area contributed by atoms with Gasteiger partial charge in [0.05, 0.1) is 0 Å². The second-order valence-electron chi connectivity index (χ2n) is 4.73. The summed E-state index contributed by atoms with van der Waals surface area (Å²) in [5.74, 6) is 1.01. The Balaban J connectivity index is 2.09. The lowest BCUT2D eigenvalue weighted by Crippen LogP contribution is -1.89. The minimum Gasteiger partial charge on any atom is -0.399 e. The first-order valence-corrected chi connectivity index (χ1v) is 7.10. The van der Waals surface area contributed by atoms with Gasteiger partial charge in [-0.15, -0.1) is 11.8 Å². The van der Waals surface area contributed by atoms with Gasteiger partial charge in [-0.1, -0.05) is 18.2 Å². The summed E-state index contributed by atoms with van der Waals surface area (Å²) < 4.78 is 0. The van der Waals surface area contributed by atoms with Crippen molar-refractivity contribution in [1.82, 2.24) is 0 Å². The molecule has 0 radical (unpaired) electrons. The van der Waals surface area contributed by atoms with E-state index in [4.69, 9.17) is 5.73 Å². The third-order valence-electron chi connectivity index (χ3n) is 3.16. The Kier molecular flexibility index (Phi) is 3.97. The van der Waals surface area contributed by atoms with E-state index in [-0.39, 0.29) is 0 Å². The molecule has 2 heteroatoms. The van der Waals surface area contributed by atoms with Gasteiger partial charge in [0.1, 0.15) is 0 Å². The Bertz CT molecular complexity index is 561. The second-order valence-corrected chi connectivity index (χ2v) is 5.75. The van der Waals surface area contributed by atoms with Crippen LogP contribution in [0.15, 0.2) is 41.3 Å². The molecule has 2 rings (SSSR count). The molecule has 0 aliphatic carbocycles. The van der Waals surface area contributed by atoms with Crippen LogP contribution in [0.25, 0.3) is 0 Å². The average Bonchev–Trinajstić information content (AvgIpc) is 2.32. The molecule has 2 aromatic carbocycles. The molecule has 0 aliphatic heterocycles. The first-order valence-electron chi connectivity index (χ1n) is 6.11. The summed E-state index contributed by atoms with van der Waals surface area (Å²) in [5, 5.41) is 0. The van der Waals surface area contributed by atoms with Gasteiger partial charge in [-0.3, -0.25) is 0 Å². The summed E-state index contributed by atoms with van der Waals surface area (Å²) in [5.41, 5.74) is 11.9. The van der Waals surface area contributed by atoms with Gasteiger partial charge in [-0.25, -0.2) is 0 Å². The quantitative estimate of drug-likeness (QED) is 0.648. The minimum absolute atomic E-state index is 0.836. The van der Waals surface area contributed by atoms with Crippen molar-refractivity contribution in [3.63, 3.8) is 0 Å². The maximum atomic E-state index is 5.76. The van der Waals surface area contributed by atoms with Gasteiger partial charge in [0, 0.05) is 16.3 Å². The number of hydrogen-bond donors (Lipinski definition) is 1. The maximum Gasteiger partial charge on any atom is 0.0317 e. The highest BCUT2D eigenvalue weighted by atomic mass is 32.2. The van der Waals surface area contributed by atoms with E-state index in [0.29, 0.717) is 0 Å². The van der Waals surface area contributed by atoms with Crippen LogP contribution in [-0.2, 0) is 5.75 Å². The smallest absolute Gasteiger partial charge is 0.0317 e. The van der Waals surface area contributed by atoms with E-state index in [1.165, 1.54) is 27.1 Å². The molecule has 2 aromatic rings. The van der Waals surface area contributed by atoms with Gasteiger partial charge in [0.15, 0.2) is 0 Å². The molecule has 0 atom stereocenters. The van der Waals surface area contributed by atoms with Crippen LogP contribution in [0, 0.1) is 20.8 Å². The molecule has 18 heavy (non-hydrogen) atoms. The normalized spacial score (nSPS) is 10.6. The van der Waals surface area contributed by atoms with E-state index in [9.17, 15) is 0 Å². The van der Waals surface area contributed by atoms with Crippen molar-refractivity contribution in [2.45, 2.75) is 31.4 Å². The standard InChI is InChI=1S/C16H19NS/c1-11-4-5-14(8-12(11)2)10-18-16-7-6-15(17)9-13(16)3/h4-9H,10,17H2,1-3H3. The molecular formula is C16H19NS. The number of nitrogen functional groups attached to an aromatic ring is 1. The molecular weight excluding hydrogens is 238 g/mol. The highest BCUT2D eigenvalue weighted by Crippen LogP contribution is 2.27. The van der Waals surface area contributed by atoms with Gasteiger partial charge in [-0.2, -0.15) is 0 Å². The highest BCUT2D eigenvalue weighted by molar-refractivity contribution is 7.98. The lowest BCUT2D eigenvalue weighted by Gasteiger charge is -2.08. The van der Waals surface area contributed by atoms with Crippen LogP contribution < -0.4 is 5.73 Å². The van der Waals surface area contributed by atoms with E-state index in [0.717, 1.165) is 11.4 Å². The first-order chi connectivity index (χ1) is 8.56. The molecule has 0 aliphatic rings. The number of anilines is 1. The summed E-state index contributed by atoms with van der Waals surface area (Å²) in [7, 11) is 0. The summed E-state index contributed by atoms with van der Waals surface area (Å²) in [6.07, 6.45) is 0. The van der Waals surface area contributed by atoms with E-state index >= 15 is 0 Å². The van der Waals surface area contributed by atoms with Crippen LogP contribution in [0.3, 0.4) is 0 Å². The molecule has 0 unspecified atom stereocenters. The fourth-order valence-corrected chi connectivity index (χ4v) is 2.84. The van der Waals surface area contributed by atoms with Crippen molar-refractivity contribution >= 4 is 17.4 Å².